The molecule has 1 unspecified atom stereocenters. The van der Waals surface area contributed by atoms with E-state index in [1.165, 1.54) is 11.8 Å². The van der Waals surface area contributed by atoms with E-state index in [1.54, 1.807) is 35.2 Å². The highest BCUT2D eigenvalue weighted by atomic mass is 32.2. The summed E-state index contributed by atoms with van der Waals surface area (Å²) in [5.41, 5.74) is 4.09. The maximum absolute atomic E-state index is 13.5. The molecule has 1 aliphatic rings. The van der Waals surface area contributed by atoms with Crippen molar-refractivity contribution in [1.29, 1.82) is 0 Å². The van der Waals surface area contributed by atoms with E-state index >= 15 is 0 Å². The van der Waals surface area contributed by atoms with E-state index in [2.05, 4.69) is 5.32 Å². The van der Waals surface area contributed by atoms with E-state index in [-0.39, 0.29) is 23.5 Å². The summed E-state index contributed by atoms with van der Waals surface area (Å²) in [5, 5.41) is 2.67. The van der Waals surface area contributed by atoms with Crippen molar-refractivity contribution in [3.8, 4) is 11.1 Å². The van der Waals surface area contributed by atoms with E-state index in [1.807, 2.05) is 72.8 Å². The molecular formula is C31H26F2N2O2S. The van der Waals surface area contributed by atoms with Crippen LogP contribution in [0.1, 0.15) is 33.6 Å². The lowest BCUT2D eigenvalue weighted by Gasteiger charge is -2.22. The Balaban J connectivity index is 1.33. The maximum atomic E-state index is 13.5. The minimum Gasteiger partial charge on any atom is -0.322 e. The van der Waals surface area contributed by atoms with Gasteiger partial charge in [-0.05, 0) is 60.0 Å². The predicted octanol–water partition coefficient (Wildman–Crippen LogP) is 7.77. The molecule has 4 nitrogen and oxygen atoms in total. The van der Waals surface area contributed by atoms with Gasteiger partial charge in [0.05, 0.1) is 5.69 Å². The first kappa shape index (κ1) is 25.7. The monoisotopic (exact) mass is 528 g/mol. The van der Waals surface area contributed by atoms with Gasteiger partial charge in [-0.15, -0.1) is 11.8 Å². The number of fused-ring (bicyclic) bond motifs is 1. The van der Waals surface area contributed by atoms with Gasteiger partial charge < -0.3 is 10.2 Å². The number of nitrogens with one attached hydrogen (secondary N) is 1. The molecular weight excluding hydrogens is 502 g/mol. The highest BCUT2D eigenvalue weighted by Gasteiger charge is 2.28. The van der Waals surface area contributed by atoms with Crippen LogP contribution in [0.15, 0.2) is 108 Å². The smallest absolute Gasteiger partial charge is 0.258 e. The van der Waals surface area contributed by atoms with Crippen LogP contribution < -0.4 is 10.2 Å². The zero-order chi connectivity index (χ0) is 26.5. The number of alkyl halides is 2. The zero-order valence-corrected chi connectivity index (χ0v) is 21.3. The van der Waals surface area contributed by atoms with Crippen molar-refractivity contribution < 1.29 is 18.4 Å². The lowest BCUT2D eigenvalue weighted by atomic mass is 9.99. The van der Waals surface area contributed by atoms with Crippen LogP contribution in [-0.4, -0.2) is 30.0 Å². The third kappa shape index (κ3) is 5.78. The number of thioether (sulfide) groups is 1. The fourth-order valence-electron chi connectivity index (χ4n) is 4.59. The molecule has 5 rings (SSSR count). The second-order valence-corrected chi connectivity index (χ2v) is 10.4. The molecule has 0 saturated heterocycles. The summed E-state index contributed by atoms with van der Waals surface area (Å²) >= 11 is 1.41. The Morgan fingerprint density at radius 2 is 1.55 bits per heavy atom. The molecule has 7 heteroatoms. The van der Waals surface area contributed by atoms with Gasteiger partial charge in [0.15, 0.2) is 0 Å². The van der Waals surface area contributed by atoms with Crippen molar-refractivity contribution in [2.45, 2.75) is 29.4 Å². The lowest BCUT2D eigenvalue weighted by molar-refractivity contribution is 0.0984. The quantitative estimate of drug-likeness (QED) is 0.278. The Labute approximate surface area is 224 Å². The summed E-state index contributed by atoms with van der Waals surface area (Å²) in [7, 11) is 0. The van der Waals surface area contributed by atoms with Crippen molar-refractivity contribution in [2.75, 3.05) is 16.8 Å². The van der Waals surface area contributed by atoms with Crippen molar-refractivity contribution >= 4 is 35.0 Å². The number of para-hydroxylation sites is 1. The molecule has 0 fully saturated rings. The summed E-state index contributed by atoms with van der Waals surface area (Å²) < 4.78 is 26.1. The molecule has 0 radical (unpaired) electrons. The second-order valence-electron chi connectivity index (χ2n) is 9.02. The zero-order valence-electron chi connectivity index (χ0n) is 20.5. The maximum Gasteiger partial charge on any atom is 0.258 e. The van der Waals surface area contributed by atoms with Gasteiger partial charge in [0.1, 0.15) is 0 Å². The molecule has 38 heavy (non-hydrogen) atoms. The van der Waals surface area contributed by atoms with E-state index in [0.717, 1.165) is 21.7 Å². The fourth-order valence-corrected chi connectivity index (χ4v) is 5.87. The number of rotatable bonds is 6. The van der Waals surface area contributed by atoms with Crippen LogP contribution in [0.2, 0.25) is 0 Å². The number of amides is 2. The van der Waals surface area contributed by atoms with Crippen LogP contribution in [0.3, 0.4) is 0 Å². The first-order valence-electron chi connectivity index (χ1n) is 12.4. The normalized spacial score (nSPS) is 15.0. The molecule has 1 heterocycles. The van der Waals surface area contributed by atoms with Gasteiger partial charge in [-0.2, -0.15) is 0 Å². The molecule has 0 aromatic heterocycles. The van der Waals surface area contributed by atoms with Crippen LogP contribution in [0, 0.1) is 0 Å². The molecule has 4 aromatic rings. The van der Waals surface area contributed by atoms with Gasteiger partial charge in [-0.3, -0.25) is 9.59 Å². The third-order valence-corrected chi connectivity index (χ3v) is 7.82. The topological polar surface area (TPSA) is 49.4 Å². The molecule has 0 saturated carbocycles. The molecule has 0 aliphatic carbocycles. The minimum atomic E-state index is -2.38. The number of hydrogen-bond donors (Lipinski definition) is 1. The van der Waals surface area contributed by atoms with Crippen LogP contribution >= 0.6 is 11.8 Å². The molecule has 192 valence electrons. The molecule has 0 bridgehead atoms. The first-order chi connectivity index (χ1) is 18.5. The summed E-state index contributed by atoms with van der Waals surface area (Å²) in [4.78, 5) is 29.1. The van der Waals surface area contributed by atoms with E-state index in [4.69, 9.17) is 0 Å². The van der Waals surface area contributed by atoms with E-state index < -0.39 is 6.43 Å². The Bertz CT molecular complexity index is 1430. The Kier molecular flexibility index (Phi) is 7.84. The van der Waals surface area contributed by atoms with Crippen LogP contribution in [0.25, 0.3) is 11.1 Å². The van der Waals surface area contributed by atoms with Crippen molar-refractivity contribution in [3.05, 3.63) is 114 Å². The minimum absolute atomic E-state index is 0.206. The van der Waals surface area contributed by atoms with Gasteiger partial charge in [0, 0.05) is 39.9 Å². The van der Waals surface area contributed by atoms with Crippen molar-refractivity contribution in [1.82, 2.24) is 0 Å². The van der Waals surface area contributed by atoms with Gasteiger partial charge in [0.25, 0.3) is 11.8 Å². The van der Waals surface area contributed by atoms with E-state index in [0.29, 0.717) is 29.8 Å². The number of nitrogens with zero attached hydrogens (tertiary/aromatic N) is 1. The lowest BCUT2D eigenvalue weighted by Crippen LogP contribution is -2.32. The summed E-state index contributed by atoms with van der Waals surface area (Å²) in [5.74, 6) is -0.449. The average Bonchev–Trinajstić information content (AvgIpc) is 3.12. The Morgan fingerprint density at radius 3 is 2.32 bits per heavy atom. The number of carbonyl (C=O) groups is 2. The molecule has 4 aromatic carbocycles. The average molecular weight is 529 g/mol. The number of halogens is 2. The summed E-state index contributed by atoms with van der Waals surface area (Å²) in [6.45, 7) is 0.356. The molecule has 1 N–H and O–H groups in total. The Morgan fingerprint density at radius 1 is 0.868 bits per heavy atom. The van der Waals surface area contributed by atoms with Crippen molar-refractivity contribution in [3.63, 3.8) is 0 Å². The molecule has 0 spiro atoms. The Hall–Kier alpha value is -3.97. The SMILES string of the molecule is O=C(Nc1ccc(C(=O)N2CCC(CC(F)F)Sc3ccccc32)cc1)c1ccccc1-c1ccccc1. The predicted molar refractivity (Wildman–Crippen MR) is 149 cm³/mol. The molecule has 1 aliphatic heterocycles. The third-order valence-electron chi connectivity index (χ3n) is 6.46. The van der Waals surface area contributed by atoms with E-state index in [9.17, 15) is 18.4 Å². The van der Waals surface area contributed by atoms with Crippen LogP contribution in [0.4, 0.5) is 20.2 Å². The fraction of sp³-hybridized carbons (Fsp3) is 0.161. The summed E-state index contributed by atoms with van der Waals surface area (Å²) in [6, 6.07) is 31.3. The highest BCUT2D eigenvalue weighted by Crippen LogP contribution is 2.40. The molecule has 2 amide bonds. The standard InChI is InChI=1S/C31H26F2N2O2S/c32-29(33)20-24-18-19-35(27-12-6-7-13-28(27)38-24)31(37)22-14-16-23(17-15-22)34-30(36)26-11-5-4-10-25(26)21-8-2-1-3-9-21/h1-17,24,29H,18-20H2,(H,34,36). The largest absolute Gasteiger partial charge is 0.322 e. The van der Waals surface area contributed by atoms with Crippen molar-refractivity contribution in [2.24, 2.45) is 0 Å². The first-order valence-corrected chi connectivity index (χ1v) is 13.3. The highest BCUT2D eigenvalue weighted by molar-refractivity contribution is 8.00. The molecule has 1 atom stereocenters. The van der Waals surface area contributed by atoms with Gasteiger partial charge in [-0.1, -0.05) is 60.7 Å². The number of hydrogen-bond acceptors (Lipinski definition) is 3. The second kappa shape index (κ2) is 11.6. The number of benzene rings is 4. The van der Waals surface area contributed by atoms with Crippen LogP contribution in [0.5, 0.6) is 0 Å². The number of carbonyl (C=O) groups excluding carboxylic acids is 2. The van der Waals surface area contributed by atoms with Gasteiger partial charge in [0.2, 0.25) is 6.43 Å². The van der Waals surface area contributed by atoms with Gasteiger partial charge in [-0.25, -0.2) is 8.78 Å². The van der Waals surface area contributed by atoms with Gasteiger partial charge >= 0.3 is 0 Å². The summed E-state index contributed by atoms with van der Waals surface area (Å²) in [6.07, 6.45) is -2.11. The van der Waals surface area contributed by atoms with Crippen LogP contribution in [-0.2, 0) is 0 Å². The number of anilines is 2.